The molecule has 0 spiro atoms. The zero-order valence-corrected chi connectivity index (χ0v) is 14.3. The van der Waals surface area contributed by atoms with Crippen molar-refractivity contribution in [3.63, 3.8) is 0 Å². The lowest BCUT2D eigenvalue weighted by Crippen LogP contribution is -2.45. The second-order valence-electron chi connectivity index (χ2n) is 7.49. The topological polar surface area (TPSA) is 67.2 Å². The summed E-state index contributed by atoms with van der Waals surface area (Å²) in [6.45, 7) is 3.57. The molecule has 3 aliphatic rings. The van der Waals surface area contributed by atoms with Gasteiger partial charge in [0.2, 0.25) is 11.8 Å². The highest BCUT2D eigenvalue weighted by molar-refractivity contribution is 5.80. The normalized spacial score (nSPS) is 24.0. The summed E-state index contributed by atoms with van der Waals surface area (Å²) in [6.07, 6.45) is 8.96. The van der Waals surface area contributed by atoms with Crippen LogP contribution >= 0.6 is 0 Å². The molecule has 2 fully saturated rings. The summed E-state index contributed by atoms with van der Waals surface area (Å²) in [4.78, 5) is 31.3. The Labute approximate surface area is 142 Å². The summed E-state index contributed by atoms with van der Waals surface area (Å²) in [7, 11) is 0. The van der Waals surface area contributed by atoms with Gasteiger partial charge in [-0.25, -0.2) is 4.98 Å². The number of nitrogens with one attached hydrogen (secondary N) is 1. The van der Waals surface area contributed by atoms with Crippen molar-refractivity contribution in [2.45, 2.75) is 70.5 Å². The van der Waals surface area contributed by atoms with E-state index in [9.17, 15) is 9.59 Å². The first kappa shape index (κ1) is 15.7. The Bertz CT molecular complexity index is 645. The summed E-state index contributed by atoms with van der Waals surface area (Å²) < 4.78 is 2.11. The number of nitrogens with zero attached hydrogens (tertiary/aromatic N) is 3. The van der Waals surface area contributed by atoms with E-state index in [0.29, 0.717) is 12.5 Å². The van der Waals surface area contributed by atoms with Crippen LogP contribution in [0.4, 0.5) is 0 Å². The zero-order chi connectivity index (χ0) is 16.7. The van der Waals surface area contributed by atoms with Crippen LogP contribution in [0.5, 0.6) is 0 Å². The molecule has 6 heteroatoms. The Hall–Kier alpha value is -1.85. The Morgan fingerprint density at radius 2 is 1.96 bits per heavy atom. The van der Waals surface area contributed by atoms with Gasteiger partial charge >= 0.3 is 0 Å². The molecule has 0 unspecified atom stereocenters. The SMILES string of the molecule is C[C@H]1c2nc(CC(=O)NC3CCC3)cn2CCN1C(=O)C1CCC1. The molecule has 1 aromatic rings. The van der Waals surface area contributed by atoms with Gasteiger partial charge in [-0.05, 0) is 39.0 Å². The highest BCUT2D eigenvalue weighted by atomic mass is 16.2. The Morgan fingerprint density at radius 1 is 1.21 bits per heavy atom. The molecule has 130 valence electrons. The molecule has 6 nitrogen and oxygen atoms in total. The largest absolute Gasteiger partial charge is 0.353 e. The molecule has 0 saturated heterocycles. The van der Waals surface area contributed by atoms with Gasteiger partial charge in [-0.1, -0.05) is 6.42 Å². The standard InChI is InChI=1S/C18H26N4O2/c1-12-17-20-15(10-16(23)19-14-6-3-7-14)11-21(17)8-9-22(12)18(24)13-4-2-5-13/h11-14H,2-10H2,1H3,(H,19,23)/t12-/m0/s1. The first-order valence-corrected chi connectivity index (χ1v) is 9.27. The van der Waals surface area contributed by atoms with Crippen molar-refractivity contribution in [1.82, 2.24) is 19.8 Å². The van der Waals surface area contributed by atoms with E-state index in [1.165, 1.54) is 12.8 Å². The van der Waals surface area contributed by atoms with Crippen molar-refractivity contribution < 1.29 is 9.59 Å². The lowest BCUT2D eigenvalue weighted by Gasteiger charge is -2.38. The molecule has 1 aliphatic heterocycles. The van der Waals surface area contributed by atoms with Crippen LogP contribution in [-0.2, 0) is 22.6 Å². The molecular formula is C18H26N4O2. The number of imidazole rings is 1. The zero-order valence-electron chi connectivity index (χ0n) is 14.3. The molecule has 24 heavy (non-hydrogen) atoms. The summed E-state index contributed by atoms with van der Waals surface area (Å²) in [5.41, 5.74) is 0.812. The molecule has 2 aliphatic carbocycles. The highest BCUT2D eigenvalue weighted by Gasteiger charge is 2.35. The first-order chi connectivity index (χ1) is 11.6. The van der Waals surface area contributed by atoms with Crippen LogP contribution < -0.4 is 5.32 Å². The molecule has 2 heterocycles. The molecule has 2 saturated carbocycles. The maximum Gasteiger partial charge on any atom is 0.226 e. The maximum absolute atomic E-state index is 12.6. The molecule has 1 aromatic heterocycles. The molecule has 0 radical (unpaired) electrons. The van der Waals surface area contributed by atoms with E-state index in [2.05, 4.69) is 14.9 Å². The van der Waals surface area contributed by atoms with E-state index >= 15 is 0 Å². The van der Waals surface area contributed by atoms with E-state index in [4.69, 9.17) is 0 Å². The second kappa shape index (κ2) is 6.22. The molecule has 2 amide bonds. The monoisotopic (exact) mass is 330 g/mol. The fourth-order valence-corrected chi connectivity index (χ4v) is 3.82. The Morgan fingerprint density at radius 3 is 2.58 bits per heavy atom. The van der Waals surface area contributed by atoms with Gasteiger partial charge in [0.1, 0.15) is 5.82 Å². The third-order valence-electron chi connectivity index (χ3n) is 5.83. The number of carbonyl (C=O) groups excluding carboxylic acids is 2. The van der Waals surface area contributed by atoms with Crippen LogP contribution in [0.2, 0.25) is 0 Å². The Balaban J connectivity index is 1.42. The average Bonchev–Trinajstić information content (AvgIpc) is 2.85. The van der Waals surface area contributed by atoms with Crippen LogP contribution in [0.15, 0.2) is 6.20 Å². The summed E-state index contributed by atoms with van der Waals surface area (Å²) in [6, 6.07) is 0.361. The third-order valence-corrected chi connectivity index (χ3v) is 5.83. The molecule has 4 rings (SSSR count). The van der Waals surface area contributed by atoms with Crippen LogP contribution in [0.25, 0.3) is 0 Å². The van der Waals surface area contributed by atoms with Gasteiger partial charge < -0.3 is 14.8 Å². The molecular weight excluding hydrogens is 304 g/mol. The van der Waals surface area contributed by atoms with Gasteiger partial charge in [-0.15, -0.1) is 0 Å². The van der Waals surface area contributed by atoms with Gasteiger partial charge in [0.15, 0.2) is 0 Å². The number of hydrogen-bond donors (Lipinski definition) is 1. The number of amides is 2. The average molecular weight is 330 g/mol. The molecule has 0 aromatic carbocycles. The minimum Gasteiger partial charge on any atom is -0.353 e. The van der Waals surface area contributed by atoms with Crippen molar-refractivity contribution in [3.8, 4) is 0 Å². The van der Waals surface area contributed by atoms with Gasteiger partial charge in [-0.2, -0.15) is 0 Å². The van der Waals surface area contributed by atoms with Crippen molar-refractivity contribution in [1.29, 1.82) is 0 Å². The van der Waals surface area contributed by atoms with Crippen LogP contribution in [0, 0.1) is 5.92 Å². The fraction of sp³-hybridized carbons (Fsp3) is 0.722. The van der Waals surface area contributed by atoms with Crippen molar-refractivity contribution in [3.05, 3.63) is 17.7 Å². The molecule has 0 bridgehead atoms. The highest BCUT2D eigenvalue weighted by Crippen LogP contribution is 2.33. The Kier molecular flexibility index (Phi) is 4.06. The number of hydrogen-bond acceptors (Lipinski definition) is 3. The van der Waals surface area contributed by atoms with Crippen LogP contribution in [0.1, 0.15) is 63.0 Å². The molecule has 1 atom stereocenters. The summed E-state index contributed by atoms with van der Waals surface area (Å²) in [5, 5.41) is 3.06. The van der Waals surface area contributed by atoms with Crippen LogP contribution in [0.3, 0.4) is 0 Å². The number of fused-ring (bicyclic) bond motifs is 1. The second-order valence-corrected chi connectivity index (χ2v) is 7.49. The maximum atomic E-state index is 12.6. The van der Waals surface area contributed by atoms with Gasteiger partial charge in [0, 0.05) is 31.2 Å². The number of carbonyl (C=O) groups is 2. The smallest absolute Gasteiger partial charge is 0.226 e. The predicted molar refractivity (Wildman–Crippen MR) is 89.2 cm³/mol. The summed E-state index contributed by atoms with van der Waals surface area (Å²) >= 11 is 0. The number of rotatable bonds is 4. The lowest BCUT2D eigenvalue weighted by atomic mass is 9.84. The van der Waals surface area contributed by atoms with E-state index in [0.717, 1.165) is 50.3 Å². The van der Waals surface area contributed by atoms with E-state index in [-0.39, 0.29) is 23.8 Å². The van der Waals surface area contributed by atoms with Gasteiger partial charge in [-0.3, -0.25) is 9.59 Å². The van der Waals surface area contributed by atoms with E-state index in [1.807, 2.05) is 18.0 Å². The predicted octanol–water partition coefficient (Wildman–Crippen LogP) is 1.80. The minimum atomic E-state index is -0.00436. The van der Waals surface area contributed by atoms with Crippen molar-refractivity contribution in [2.24, 2.45) is 5.92 Å². The minimum absolute atomic E-state index is 0.00436. The van der Waals surface area contributed by atoms with Gasteiger partial charge in [0.25, 0.3) is 0 Å². The van der Waals surface area contributed by atoms with Crippen molar-refractivity contribution >= 4 is 11.8 Å². The fourth-order valence-electron chi connectivity index (χ4n) is 3.82. The summed E-state index contributed by atoms with van der Waals surface area (Å²) in [5.74, 6) is 1.49. The van der Waals surface area contributed by atoms with Crippen molar-refractivity contribution in [2.75, 3.05) is 6.54 Å². The number of aromatic nitrogens is 2. The quantitative estimate of drug-likeness (QED) is 0.915. The van der Waals surface area contributed by atoms with E-state index < -0.39 is 0 Å². The van der Waals surface area contributed by atoms with E-state index in [1.54, 1.807) is 0 Å². The lowest BCUT2D eigenvalue weighted by molar-refractivity contribution is -0.141. The first-order valence-electron chi connectivity index (χ1n) is 9.27. The van der Waals surface area contributed by atoms with Gasteiger partial charge in [0.05, 0.1) is 18.2 Å². The molecule has 1 N–H and O–H groups in total. The van der Waals surface area contributed by atoms with Crippen LogP contribution in [-0.4, -0.2) is 38.9 Å². The third kappa shape index (κ3) is 2.82.